The summed E-state index contributed by atoms with van der Waals surface area (Å²) in [6.07, 6.45) is 0. The van der Waals surface area contributed by atoms with Crippen molar-refractivity contribution in [3.63, 3.8) is 0 Å². The van der Waals surface area contributed by atoms with Gasteiger partial charge in [-0.15, -0.1) is 0 Å². The Kier molecular flexibility index (Phi) is 6.47. The first kappa shape index (κ1) is 26.7. The Labute approximate surface area is 221 Å². The lowest BCUT2D eigenvalue weighted by atomic mass is 9.78. The Morgan fingerprint density at radius 2 is 1.45 bits per heavy atom. The van der Waals surface area contributed by atoms with E-state index in [-0.39, 0.29) is 22.8 Å². The molecule has 198 valence electrons. The van der Waals surface area contributed by atoms with Crippen LogP contribution in [0, 0.1) is 0 Å². The fraction of sp³-hybridized carbons (Fsp3) is 0.300. The molecule has 1 heterocycles. The molecule has 4 aromatic rings. The fourth-order valence-corrected chi connectivity index (χ4v) is 4.58. The molecular formula is C30H34N4O4. The monoisotopic (exact) mass is 514 g/mol. The number of fused-ring (bicyclic) bond motifs is 1. The summed E-state index contributed by atoms with van der Waals surface area (Å²) in [6.45, 7) is 11.7. The second kappa shape index (κ2) is 9.20. The predicted molar refractivity (Wildman–Crippen MR) is 153 cm³/mol. The lowest BCUT2D eigenvalue weighted by Crippen LogP contribution is -2.40. The molecule has 0 spiro atoms. The van der Waals surface area contributed by atoms with E-state index in [0.717, 1.165) is 15.3 Å². The number of benzene rings is 3. The van der Waals surface area contributed by atoms with Gasteiger partial charge in [0.1, 0.15) is 17.3 Å². The maximum Gasteiger partial charge on any atom is 0.337 e. The van der Waals surface area contributed by atoms with Crippen molar-refractivity contribution in [1.29, 1.82) is 0 Å². The molecule has 0 radical (unpaired) electrons. The highest BCUT2D eigenvalue weighted by Crippen LogP contribution is 2.40. The van der Waals surface area contributed by atoms with E-state index in [0.29, 0.717) is 16.8 Å². The SMILES string of the molecule is Cn1c(=O)c(NC(=O)c2cc(C(C)(C)C)c(O)c(C(C)(C)C)c2)c(N)n(-c2cccc3ccccc23)c1=O. The number of nitrogen functional groups attached to an aromatic ring is 1. The van der Waals surface area contributed by atoms with Crippen LogP contribution in [-0.2, 0) is 17.9 Å². The van der Waals surface area contributed by atoms with Crippen molar-refractivity contribution >= 4 is 28.2 Å². The summed E-state index contributed by atoms with van der Waals surface area (Å²) in [7, 11) is 1.34. The number of aromatic hydroxyl groups is 1. The number of anilines is 2. The number of nitrogens with two attached hydrogens (primary N) is 1. The third-order valence-electron chi connectivity index (χ3n) is 6.73. The molecular weight excluding hydrogens is 480 g/mol. The zero-order chi connectivity index (χ0) is 28.2. The Hall–Kier alpha value is -4.33. The third kappa shape index (κ3) is 4.58. The van der Waals surface area contributed by atoms with E-state index in [2.05, 4.69) is 5.32 Å². The van der Waals surface area contributed by atoms with Crippen LogP contribution in [0.2, 0.25) is 0 Å². The van der Waals surface area contributed by atoms with E-state index >= 15 is 0 Å². The van der Waals surface area contributed by atoms with E-state index < -0.39 is 28.0 Å². The summed E-state index contributed by atoms with van der Waals surface area (Å²) in [5.74, 6) is -0.608. The highest BCUT2D eigenvalue weighted by Gasteiger charge is 2.28. The van der Waals surface area contributed by atoms with Crippen molar-refractivity contribution in [2.45, 2.75) is 52.4 Å². The standard InChI is InChI=1S/C30H34N4O4/c1-29(2,3)20-15-18(16-21(24(20)35)30(4,5)6)26(36)32-23-25(31)34(28(38)33(7)27(23)37)22-14-10-12-17-11-8-9-13-19(17)22/h8-16,35H,31H2,1-7H3,(H,32,36). The first-order chi connectivity index (χ1) is 17.6. The van der Waals surface area contributed by atoms with Crippen LogP contribution in [0.5, 0.6) is 5.75 Å². The highest BCUT2D eigenvalue weighted by atomic mass is 16.3. The Morgan fingerprint density at radius 3 is 2.03 bits per heavy atom. The van der Waals surface area contributed by atoms with Crippen molar-refractivity contribution in [3.8, 4) is 11.4 Å². The number of nitrogens with one attached hydrogen (secondary N) is 1. The van der Waals surface area contributed by atoms with Crippen LogP contribution in [0.15, 0.2) is 64.2 Å². The Bertz CT molecular complexity index is 1660. The summed E-state index contributed by atoms with van der Waals surface area (Å²) in [4.78, 5) is 39.9. The Balaban J connectivity index is 1.91. The van der Waals surface area contributed by atoms with Gasteiger partial charge in [-0.1, -0.05) is 77.9 Å². The molecule has 38 heavy (non-hydrogen) atoms. The zero-order valence-electron chi connectivity index (χ0n) is 22.8. The van der Waals surface area contributed by atoms with E-state index in [9.17, 15) is 19.5 Å². The van der Waals surface area contributed by atoms with Crippen molar-refractivity contribution in [2.75, 3.05) is 11.1 Å². The molecule has 4 N–H and O–H groups in total. The van der Waals surface area contributed by atoms with Crippen molar-refractivity contribution in [3.05, 3.63) is 92.1 Å². The number of amides is 1. The molecule has 1 aromatic heterocycles. The van der Waals surface area contributed by atoms with E-state index in [1.165, 1.54) is 11.6 Å². The number of aromatic nitrogens is 2. The van der Waals surface area contributed by atoms with Crippen LogP contribution in [0.1, 0.15) is 63.0 Å². The zero-order valence-corrected chi connectivity index (χ0v) is 22.8. The normalized spacial score (nSPS) is 12.1. The van der Waals surface area contributed by atoms with Crippen LogP contribution in [-0.4, -0.2) is 20.1 Å². The van der Waals surface area contributed by atoms with Gasteiger partial charge in [0.15, 0.2) is 0 Å². The lowest BCUT2D eigenvalue weighted by molar-refractivity contribution is 0.102. The van der Waals surface area contributed by atoms with Gasteiger partial charge in [0.25, 0.3) is 11.5 Å². The first-order valence-corrected chi connectivity index (χ1v) is 12.4. The molecule has 1 amide bonds. The average Bonchev–Trinajstić information content (AvgIpc) is 2.84. The summed E-state index contributed by atoms with van der Waals surface area (Å²) in [5.41, 5.74) is 5.95. The average molecular weight is 515 g/mol. The minimum atomic E-state index is -0.719. The highest BCUT2D eigenvalue weighted by molar-refractivity contribution is 6.06. The van der Waals surface area contributed by atoms with Gasteiger partial charge in [-0.25, -0.2) is 9.36 Å². The van der Waals surface area contributed by atoms with E-state index in [1.807, 2.05) is 71.9 Å². The van der Waals surface area contributed by atoms with Gasteiger partial charge in [-0.05, 0) is 34.4 Å². The van der Waals surface area contributed by atoms with Gasteiger partial charge in [-0.2, -0.15) is 0 Å². The topological polar surface area (TPSA) is 119 Å². The Morgan fingerprint density at radius 1 is 0.895 bits per heavy atom. The number of phenols is 1. The molecule has 0 saturated carbocycles. The van der Waals surface area contributed by atoms with Gasteiger partial charge in [-0.3, -0.25) is 14.2 Å². The molecule has 0 aliphatic rings. The quantitative estimate of drug-likeness (QED) is 0.362. The first-order valence-electron chi connectivity index (χ1n) is 12.4. The number of carbonyl (C=O) groups excluding carboxylic acids is 1. The van der Waals surface area contributed by atoms with Crippen LogP contribution in [0.25, 0.3) is 16.5 Å². The predicted octanol–water partition coefficient (Wildman–Crippen LogP) is 4.82. The number of hydrogen-bond donors (Lipinski definition) is 3. The van der Waals surface area contributed by atoms with Crippen molar-refractivity contribution in [2.24, 2.45) is 7.05 Å². The maximum atomic E-state index is 13.6. The number of nitrogens with zero attached hydrogens (tertiary/aromatic N) is 2. The van der Waals surface area contributed by atoms with Crippen LogP contribution in [0.3, 0.4) is 0 Å². The minimum absolute atomic E-state index is 0.140. The van der Waals surface area contributed by atoms with Crippen LogP contribution < -0.4 is 22.3 Å². The van der Waals surface area contributed by atoms with E-state index in [1.54, 1.807) is 24.3 Å². The molecule has 4 rings (SSSR count). The maximum absolute atomic E-state index is 13.6. The molecule has 8 nitrogen and oxygen atoms in total. The fourth-order valence-electron chi connectivity index (χ4n) is 4.58. The van der Waals surface area contributed by atoms with Crippen molar-refractivity contribution in [1.82, 2.24) is 9.13 Å². The smallest absolute Gasteiger partial charge is 0.337 e. The molecule has 0 aliphatic heterocycles. The van der Waals surface area contributed by atoms with Crippen molar-refractivity contribution < 1.29 is 9.90 Å². The van der Waals surface area contributed by atoms with Gasteiger partial charge in [0.2, 0.25) is 0 Å². The third-order valence-corrected chi connectivity index (χ3v) is 6.73. The number of phenolic OH excluding ortho intramolecular Hbond substituents is 1. The molecule has 0 saturated heterocycles. The summed E-state index contributed by atoms with van der Waals surface area (Å²) in [5, 5.41) is 15.3. The molecule has 0 aliphatic carbocycles. The second-order valence-electron chi connectivity index (χ2n) is 11.6. The van der Waals surface area contributed by atoms with Gasteiger partial charge < -0.3 is 16.2 Å². The molecule has 0 atom stereocenters. The molecule has 0 unspecified atom stereocenters. The lowest BCUT2D eigenvalue weighted by Gasteiger charge is -2.28. The molecule has 0 bridgehead atoms. The van der Waals surface area contributed by atoms with Gasteiger partial charge in [0, 0.05) is 29.1 Å². The van der Waals surface area contributed by atoms with Crippen LogP contribution in [0.4, 0.5) is 11.5 Å². The molecule has 3 aromatic carbocycles. The molecule has 8 heteroatoms. The second-order valence-corrected chi connectivity index (χ2v) is 11.6. The minimum Gasteiger partial charge on any atom is -0.507 e. The summed E-state index contributed by atoms with van der Waals surface area (Å²) in [6, 6.07) is 16.2. The number of hydrogen-bond acceptors (Lipinski definition) is 5. The summed E-state index contributed by atoms with van der Waals surface area (Å²) >= 11 is 0. The van der Waals surface area contributed by atoms with Gasteiger partial charge in [0.05, 0.1) is 5.69 Å². The van der Waals surface area contributed by atoms with Crippen LogP contribution >= 0.6 is 0 Å². The summed E-state index contributed by atoms with van der Waals surface area (Å²) < 4.78 is 2.16. The molecule has 0 fully saturated rings. The number of rotatable bonds is 3. The van der Waals surface area contributed by atoms with E-state index in [4.69, 9.17) is 5.73 Å². The number of carbonyl (C=O) groups is 1. The largest absolute Gasteiger partial charge is 0.507 e. The van der Waals surface area contributed by atoms with Gasteiger partial charge >= 0.3 is 5.69 Å².